The van der Waals surface area contributed by atoms with Gasteiger partial charge in [0.2, 0.25) is 0 Å². The predicted octanol–water partition coefficient (Wildman–Crippen LogP) is 3.09. The molecule has 4 atom stereocenters. The summed E-state index contributed by atoms with van der Waals surface area (Å²) < 4.78 is 23.2. The number of ether oxygens (including phenoxy) is 3. The lowest BCUT2D eigenvalue weighted by Gasteiger charge is -2.38. The lowest BCUT2D eigenvalue weighted by atomic mass is 10.0. The van der Waals surface area contributed by atoms with E-state index in [1.807, 2.05) is 13.8 Å². The van der Waals surface area contributed by atoms with Crippen LogP contribution in [-0.2, 0) is 18.6 Å². The van der Waals surface area contributed by atoms with E-state index in [1.165, 1.54) is 0 Å². The Morgan fingerprint density at radius 1 is 1.30 bits per heavy atom. The third-order valence-corrected chi connectivity index (χ3v) is 9.33. The normalized spacial score (nSPS) is 27.7. The van der Waals surface area contributed by atoms with Crippen molar-refractivity contribution in [3.05, 3.63) is 12.7 Å². The summed E-state index contributed by atoms with van der Waals surface area (Å²) in [5, 5.41) is 10.8. The average molecular weight is 347 g/mol. The topological polar surface area (TPSA) is 57.2 Å². The van der Waals surface area contributed by atoms with Crippen molar-refractivity contribution in [2.75, 3.05) is 13.7 Å². The summed E-state index contributed by atoms with van der Waals surface area (Å²) in [6.07, 6.45) is -0.561. The minimum absolute atomic E-state index is 0.106. The van der Waals surface area contributed by atoms with Gasteiger partial charge in [-0.3, -0.25) is 0 Å². The number of aliphatic hydroxyl groups excluding tert-OH is 1. The summed E-state index contributed by atoms with van der Waals surface area (Å²) in [6, 6.07) is 0. The molecule has 23 heavy (non-hydrogen) atoms. The third-order valence-electron chi connectivity index (χ3n) is 4.83. The van der Waals surface area contributed by atoms with Gasteiger partial charge in [-0.15, -0.1) is 6.58 Å². The molecule has 136 valence electrons. The van der Waals surface area contributed by atoms with Crippen LogP contribution in [0, 0.1) is 0 Å². The van der Waals surface area contributed by atoms with Crippen molar-refractivity contribution in [1.82, 2.24) is 0 Å². The maximum atomic E-state index is 10.7. The second kappa shape index (κ2) is 7.33. The fourth-order valence-electron chi connectivity index (χ4n) is 2.29. The van der Waals surface area contributed by atoms with Crippen molar-refractivity contribution in [3.8, 4) is 0 Å². The maximum Gasteiger partial charge on any atom is 0.192 e. The molecule has 1 fully saturated rings. The van der Waals surface area contributed by atoms with Crippen LogP contribution in [0.5, 0.6) is 0 Å². The Hall–Kier alpha value is -0.243. The summed E-state index contributed by atoms with van der Waals surface area (Å²) >= 11 is 0. The first kappa shape index (κ1) is 20.8. The minimum Gasteiger partial charge on any atom is -0.414 e. The number of hydrogen-bond donors (Lipinski definition) is 1. The molecule has 0 aromatic rings. The molecule has 0 aromatic carbocycles. The molecule has 1 N–H and O–H groups in total. The van der Waals surface area contributed by atoms with Gasteiger partial charge in [0, 0.05) is 7.11 Å². The zero-order chi connectivity index (χ0) is 18.1. The van der Waals surface area contributed by atoms with Gasteiger partial charge < -0.3 is 23.7 Å². The Balaban J connectivity index is 2.76. The number of methoxy groups -OCH3 is 1. The molecular formula is C17H34O5Si. The largest absolute Gasteiger partial charge is 0.414 e. The van der Waals surface area contributed by atoms with Gasteiger partial charge in [-0.2, -0.15) is 0 Å². The summed E-state index contributed by atoms with van der Waals surface area (Å²) in [4.78, 5) is 0. The lowest BCUT2D eigenvalue weighted by Crippen LogP contribution is -2.49. The van der Waals surface area contributed by atoms with E-state index in [0.717, 1.165) is 0 Å². The van der Waals surface area contributed by atoms with Crippen LogP contribution in [0.4, 0.5) is 0 Å². The van der Waals surface area contributed by atoms with E-state index in [9.17, 15) is 5.11 Å². The van der Waals surface area contributed by atoms with Crippen LogP contribution in [0.3, 0.4) is 0 Å². The standard InChI is InChI=1S/C17H34O5Si/c1-10-12-15(22-17(5,6)21-12)14(18)13(19-7)11-20-23(8,9)16(2,3)4/h10,12-15,18H,1,11H2,2-9H3. The van der Waals surface area contributed by atoms with Gasteiger partial charge in [-0.1, -0.05) is 26.8 Å². The van der Waals surface area contributed by atoms with Gasteiger partial charge in [0.25, 0.3) is 0 Å². The third kappa shape index (κ3) is 5.11. The predicted molar refractivity (Wildman–Crippen MR) is 94.0 cm³/mol. The highest BCUT2D eigenvalue weighted by atomic mass is 28.4. The van der Waals surface area contributed by atoms with Crippen LogP contribution in [0.15, 0.2) is 12.7 Å². The second-order valence-electron chi connectivity index (χ2n) is 8.14. The Kier molecular flexibility index (Phi) is 6.63. The number of aliphatic hydroxyl groups is 1. The van der Waals surface area contributed by atoms with Gasteiger partial charge in [-0.25, -0.2) is 0 Å². The zero-order valence-corrected chi connectivity index (χ0v) is 16.9. The lowest BCUT2D eigenvalue weighted by molar-refractivity contribution is -0.165. The highest BCUT2D eigenvalue weighted by Crippen LogP contribution is 2.37. The van der Waals surface area contributed by atoms with E-state index in [2.05, 4.69) is 40.4 Å². The molecule has 6 heteroatoms. The Bertz CT molecular complexity index is 402. The number of rotatable bonds is 7. The zero-order valence-electron chi connectivity index (χ0n) is 15.9. The SMILES string of the molecule is C=CC1OC(C)(C)OC1C(O)C(CO[Si](C)(C)C(C)(C)C)OC. The first-order valence-electron chi connectivity index (χ1n) is 8.17. The molecule has 0 amide bonds. The van der Waals surface area contributed by atoms with Crippen molar-refractivity contribution >= 4 is 8.32 Å². The first-order chi connectivity index (χ1) is 10.3. The van der Waals surface area contributed by atoms with Gasteiger partial charge in [0.05, 0.1) is 6.61 Å². The Labute approximate surface area is 142 Å². The van der Waals surface area contributed by atoms with E-state index in [1.54, 1.807) is 13.2 Å². The monoisotopic (exact) mass is 346 g/mol. The molecule has 4 unspecified atom stereocenters. The fraction of sp³-hybridized carbons (Fsp3) is 0.882. The van der Waals surface area contributed by atoms with Crippen molar-refractivity contribution < 1.29 is 23.7 Å². The quantitative estimate of drug-likeness (QED) is 0.567. The average Bonchev–Trinajstić information content (AvgIpc) is 2.73. The van der Waals surface area contributed by atoms with E-state index in [4.69, 9.17) is 18.6 Å². The van der Waals surface area contributed by atoms with Crippen LogP contribution in [0.1, 0.15) is 34.6 Å². The summed E-state index contributed by atoms with van der Waals surface area (Å²) in [5.74, 6) is -0.747. The second-order valence-corrected chi connectivity index (χ2v) is 12.9. The smallest absolute Gasteiger partial charge is 0.192 e. The Morgan fingerprint density at radius 2 is 1.87 bits per heavy atom. The highest BCUT2D eigenvalue weighted by molar-refractivity contribution is 6.74. The van der Waals surface area contributed by atoms with E-state index in [0.29, 0.717) is 6.61 Å². The van der Waals surface area contributed by atoms with Crippen molar-refractivity contribution in [2.45, 2.75) is 83.0 Å². The molecule has 0 saturated carbocycles. The van der Waals surface area contributed by atoms with E-state index < -0.39 is 32.4 Å². The molecule has 0 aliphatic carbocycles. The van der Waals surface area contributed by atoms with Crippen LogP contribution in [0.25, 0.3) is 0 Å². The van der Waals surface area contributed by atoms with Gasteiger partial charge in [-0.05, 0) is 32.0 Å². The molecule has 0 spiro atoms. The van der Waals surface area contributed by atoms with Crippen molar-refractivity contribution in [2.24, 2.45) is 0 Å². The Morgan fingerprint density at radius 3 is 2.30 bits per heavy atom. The molecular weight excluding hydrogens is 312 g/mol. The van der Waals surface area contributed by atoms with Crippen LogP contribution < -0.4 is 0 Å². The summed E-state index contributed by atoms with van der Waals surface area (Å²) in [7, 11) is -0.330. The number of hydrogen-bond acceptors (Lipinski definition) is 5. The molecule has 0 aromatic heterocycles. The minimum atomic E-state index is -1.91. The van der Waals surface area contributed by atoms with Crippen LogP contribution in [-0.4, -0.2) is 57.3 Å². The molecule has 0 radical (unpaired) electrons. The van der Waals surface area contributed by atoms with Crippen LogP contribution in [0.2, 0.25) is 18.1 Å². The summed E-state index contributed by atoms with van der Waals surface area (Å²) in [5.41, 5.74) is 0. The van der Waals surface area contributed by atoms with Gasteiger partial charge >= 0.3 is 0 Å². The van der Waals surface area contributed by atoms with Crippen molar-refractivity contribution in [1.29, 1.82) is 0 Å². The molecule has 5 nitrogen and oxygen atoms in total. The molecule has 1 heterocycles. The van der Waals surface area contributed by atoms with E-state index in [-0.39, 0.29) is 11.1 Å². The summed E-state index contributed by atoms with van der Waals surface area (Å²) in [6.45, 7) is 18.6. The molecule has 1 saturated heterocycles. The van der Waals surface area contributed by atoms with Gasteiger partial charge in [0.1, 0.15) is 24.4 Å². The highest BCUT2D eigenvalue weighted by Gasteiger charge is 2.46. The van der Waals surface area contributed by atoms with Crippen molar-refractivity contribution in [3.63, 3.8) is 0 Å². The van der Waals surface area contributed by atoms with Gasteiger partial charge in [0.15, 0.2) is 14.1 Å². The molecule has 0 bridgehead atoms. The van der Waals surface area contributed by atoms with Crippen LogP contribution >= 0.6 is 0 Å². The molecule has 1 aliphatic rings. The maximum absolute atomic E-state index is 10.7. The molecule has 1 rings (SSSR count). The van der Waals surface area contributed by atoms with E-state index >= 15 is 0 Å². The molecule has 1 aliphatic heterocycles. The fourth-order valence-corrected chi connectivity index (χ4v) is 3.30. The first-order valence-corrected chi connectivity index (χ1v) is 11.1.